The minimum Gasteiger partial charge on any atom is -0.337 e. The molecule has 3 heterocycles. The largest absolute Gasteiger partial charge is 0.337 e. The van der Waals surface area contributed by atoms with Crippen LogP contribution in [-0.4, -0.2) is 51.0 Å². The molecule has 3 aliphatic heterocycles. The van der Waals surface area contributed by atoms with Gasteiger partial charge in [0.25, 0.3) is 5.91 Å². The van der Waals surface area contributed by atoms with Gasteiger partial charge in [-0.25, -0.2) is 8.42 Å². The molecule has 2 aromatic carbocycles. The predicted molar refractivity (Wildman–Crippen MR) is 110 cm³/mol. The number of anilines is 2. The first-order valence-corrected chi connectivity index (χ1v) is 11.5. The van der Waals surface area contributed by atoms with Crippen molar-refractivity contribution in [3.05, 3.63) is 59.2 Å². The molecule has 1 unspecified atom stereocenters. The summed E-state index contributed by atoms with van der Waals surface area (Å²) in [7, 11) is -3.32. The van der Waals surface area contributed by atoms with Crippen LogP contribution in [0.4, 0.5) is 11.4 Å². The van der Waals surface area contributed by atoms with Crippen molar-refractivity contribution < 1.29 is 18.0 Å². The lowest BCUT2D eigenvalue weighted by Gasteiger charge is -2.23. The fraction of sp³-hybridized carbons (Fsp3) is 0.333. The highest BCUT2D eigenvalue weighted by Gasteiger charge is 2.52. The number of rotatable bonds is 2. The molecule has 2 amide bonds. The van der Waals surface area contributed by atoms with Gasteiger partial charge in [-0.2, -0.15) is 0 Å². The molecule has 0 aliphatic carbocycles. The van der Waals surface area contributed by atoms with Crippen molar-refractivity contribution in [1.29, 1.82) is 0 Å². The fourth-order valence-corrected chi connectivity index (χ4v) is 5.75. The van der Waals surface area contributed by atoms with Crippen LogP contribution in [0.3, 0.4) is 0 Å². The summed E-state index contributed by atoms with van der Waals surface area (Å²) in [5, 5.41) is 2.94. The molecule has 0 saturated carbocycles. The summed E-state index contributed by atoms with van der Waals surface area (Å²) in [5.41, 5.74) is 3.13. The molecular formula is C21H21N3O4S. The number of carbonyl (C=O) groups excluding carboxylic acids is 2. The van der Waals surface area contributed by atoms with Crippen LogP contribution in [0.15, 0.2) is 42.5 Å². The minimum absolute atomic E-state index is 0.0493. The second kappa shape index (κ2) is 6.06. The number of hydrogen-bond acceptors (Lipinski definition) is 4. The van der Waals surface area contributed by atoms with Crippen molar-refractivity contribution in [2.24, 2.45) is 0 Å². The number of nitrogens with one attached hydrogen (secondary N) is 1. The third-order valence-corrected chi connectivity index (χ3v) is 7.44. The van der Waals surface area contributed by atoms with Gasteiger partial charge in [0.15, 0.2) is 0 Å². The van der Waals surface area contributed by atoms with E-state index in [0.29, 0.717) is 43.7 Å². The Balaban J connectivity index is 1.42. The van der Waals surface area contributed by atoms with Gasteiger partial charge < -0.3 is 10.2 Å². The lowest BCUT2D eigenvalue weighted by molar-refractivity contribution is -0.120. The fourth-order valence-electron chi connectivity index (χ4n) is 4.79. The molecule has 150 valence electrons. The molecule has 1 saturated heterocycles. The molecule has 0 bridgehead atoms. The second-order valence-corrected chi connectivity index (χ2v) is 9.89. The highest BCUT2D eigenvalue weighted by atomic mass is 32.2. The maximum Gasteiger partial charge on any atom is 0.253 e. The summed E-state index contributed by atoms with van der Waals surface area (Å²) < 4.78 is 25.2. The lowest BCUT2D eigenvalue weighted by atomic mass is 9.81. The number of nitrogens with zero attached hydrogens (tertiary/aromatic N) is 2. The lowest BCUT2D eigenvalue weighted by Crippen LogP contribution is -2.39. The highest BCUT2D eigenvalue weighted by Crippen LogP contribution is 2.44. The summed E-state index contributed by atoms with van der Waals surface area (Å²) in [4.78, 5) is 27.6. The molecule has 7 nitrogen and oxygen atoms in total. The van der Waals surface area contributed by atoms with Gasteiger partial charge in [0, 0.05) is 30.9 Å². The molecule has 1 spiro atoms. The number of hydrogen-bond donors (Lipinski definition) is 1. The number of likely N-dealkylation sites (tertiary alicyclic amines) is 1. The van der Waals surface area contributed by atoms with Gasteiger partial charge >= 0.3 is 0 Å². The van der Waals surface area contributed by atoms with E-state index in [2.05, 4.69) is 5.32 Å². The number of benzene rings is 2. The smallest absolute Gasteiger partial charge is 0.253 e. The average molecular weight is 411 g/mol. The first kappa shape index (κ1) is 18.2. The monoisotopic (exact) mass is 411 g/mol. The summed E-state index contributed by atoms with van der Waals surface area (Å²) >= 11 is 0. The molecule has 8 heteroatoms. The Morgan fingerprint density at radius 1 is 1.14 bits per heavy atom. The van der Waals surface area contributed by atoms with Crippen LogP contribution >= 0.6 is 0 Å². The van der Waals surface area contributed by atoms with E-state index in [1.54, 1.807) is 23.1 Å². The first-order valence-electron chi connectivity index (χ1n) is 9.60. The molecule has 0 radical (unpaired) electrons. The van der Waals surface area contributed by atoms with Gasteiger partial charge in [-0.3, -0.25) is 13.9 Å². The van der Waals surface area contributed by atoms with Gasteiger partial charge in [-0.1, -0.05) is 18.2 Å². The standard InChI is InChI=1S/C21H21N3O4S/c1-29(27,28)24-10-8-14-12-15(6-7-18(14)24)19(25)23-11-9-21(13-23)16-4-2-3-5-17(16)22-20(21)26/h2-7,12H,8-11,13H2,1H3,(H,22,26). The zero-order valence-electron chi connectivity index (χ0n) is 16.0. The van der Waals surface area contributed by atoms with E-state index in [1.165, 1.54) is 10.6 Å². The molecule has 0 aromatic heterocycles. The highest BCUT2D eigenvalue weighted by molar-refractivity contribution is 7.92. The van der Waals surface area contributed by atoms with Gasteiger partial charge in [0.05, 0.1) is 17.4 Å². The Hall–Kier alpha value is -2.87. The number of amides is 2. The number of fused-ring (bicyclic) bond motifs is 3. The molecule has 1 atom stereocenters. The number of sulfonamides is 1. The zero-order chi connectivity index (χ0) is 20.4. The van der Waals surface area contributed by atoms with E-state index in [0.717, 1.165) is 16.8 Å². The van der Waals surface area contributed by atoms with Gasteiger partial charge in [-0.05, 0) is 48.2 Å². The third-order valence-electron chi connectivity index (χ3n) is 6.26. The van der Waals surface area contributed by atoms with Crippen LogP contribution in [0.2, 0.25) is 0 Å². The predicted octanol–water partition coefficient (Wildman–Crippen LogP) is 1.74. The average Bonchev–Trinajstić information content (AvgIpc) is 3.38. The van der Waals surface area contributed by atoms with Gasteiger partial charge in [-0.15, -0.1) is 0 Å². The second-order valence-electron chi connectivity index (χ2n) is 7.99. The number of para-hydroxylation sites is 1. The Morgan fingerprint density at radius 2 is 1.93 bits per heavy atom. The van der Waals surface area contributed by atoms with Crippen molar-refractivity contribution in [1.82, 2.24) is 4.90 Å². The van der Waals surface area contributed by atoms with E-state index in [-0.39, 0.29) is 11.8 Å². The summed E-state index contributed by atoms with van der Waals surface area (Å²) in [6.07, 6.45) is 2.37. The van der Waals surface area contributed by atoms with Crippen LogP contribution in [0.1, 0.15) is 27.9 Å². The van der Waals surface area contributed by atoms with E-state index in [4.69, 9.17) is 0 Å². The third kappa shape index (κ3) is 2.66. The quantitative estimate of drug-likeness (QED) is 0.816. The Bertz CT molecular complexity index is 1160. The molecule has 5 rings (SSSR count). The molecule has 2 aromatic rings. The van der Waals surface area contributed by atoms with Crippen molar-refractivity contribution >= 4 is 33.2 Å². The maximum atomic E-state index is 13.1. The van der Waals surface area contributed by atoms with E-state index >= 15 is 0 Å². The molecule has 29 heavy (non-hydrogen) atoms. The van der Waals surface area contributed by atoms with Crippen molar-refractivity contribution in [3.8, 4) is 0 Å². The Labute approximate surface area is 169 Å². The minimum atomic E-state index is -3.32. The topological polar surface area (TPSA) is 86.8 Å². The summed E-state index contributed by atoms with van der Waals surface area (Å²) in [5.74, 6) is -0.175. The molecular weight excluding hydrogens is 390 g/mol. The SMILES string of the molecule is CS(=O)(=O)N1CCc2cc(C(=O)N3CCC4(C3)C(=O)Nc3ccccc34)ccc21. The molecule has 1 N–H and O–H groups in total. The van der Waals surface area contributed by atoms with E-state index in [9.17, 15) is 18.0 Å². The van der Waals surface area contributed by atoms with Crippen molar-refractivity contribution in [3.63, 3.8) is 0 Å². The first-order chi connectivity index (χ1) is 13.8. The van der Waals surface area contributed by atoms with E-state index < -0.39 is 15.4 Å². The summed E-state index contributed by atoms with van der Waals surface area (Å²) in [6, 6.07) is 12.8. The van der Waals surface area contributed by atoms with Crippen LogP contribution in [0, 0.1) is 0 Å². The Kier molecular flexibility index (Phi) is 3.80. The Morgan fingerprint density at radius 3 is 2.72 bits per heavy atom. The van der Waals surface area contributed by atoms with Gasteiger partial charge in [0.2, 0.25) is 15.9 Å². The van der Waals surface area contributed by atoms with Crippen LogP contribution in [0.25, 0.3) is 0 Å². The van der Waals surface area contributed by atoms with Crippen molar-refractivity contribution in [2.45, 2.75) is 18.3 Å². The van der Waals surface area contributed by atoms with Crippen molar-refractivity contribution in [2.75, 3.05) is 35.5 Å². The zero-order valence-corrected chi connectivity index (χ0v) is 16.8. The summed E-state index contributed by atoms with van der Waals surface area (Å²) in [6.45, 7) is 1.25. The van der Waals surface area contributed by atoms with Crippen LogP contribution in [-0.2, 0) is 26.7 Å². The van der Waals surface area contributed by atoms with Crippen LogP contribution < -0.4 is 9.62 Å². The molecule has 3 aliphatic rings. The van der Waals surface area contributed by atoms with Crippen LogP contribution in [0.5, 0.6) is 0 Å². The van der Waals surface area contributed by atoms with Gasteiger partial charge in [0.1, 0.15) is 0 Å². The maximum absolute atomic E-state index is 13.1. The van der Waals surface area contributed by atoms with E-state index in [1.807, 2.05) is 24.3 Å². The number of carbonyl (C=O) groups is 2. The molecule has 1 fully saturated rings. The normalized spacial score (nSPS) is 22.7.